The lowest BCUT2D eigenvalue weighted by molar-refractivity contribution is 0.0602. The summed E-state index contributed by atoms with van der Waals surface area (Å²) in [5, 5.41) is -5.77. The molecule has 0 aliphatic carbocycles. The van der Waals surface area contributed by atoms with Gasteiger partial charge in [0.2, 0.25) is 5.08 Å². The normalized spacial score (nSPS) is 14.2. The number of thioether (sulfide) groups is 1. The highest BCUT2D eigenvalue weighted by molar-refractivity contribution is 9.09. The lowest BCUT2D eigenvalue weighted by Crippen LogP contribution is -2.20. The van der Waals surface area contributed by atoms with Gasteiger partial charge in [0.1, 0.15) is 5.03 Å². The number of alkyl halides is 4. The third-order valence-corrected chi connectivity index (χ3v) is 2.94. The molecule has 1 aromatic rings. The summed E-state index contributed by atoms with van der Waals surface area (Å²) in [7, 11) is 0. The monoisotopic (exact) mass is 271 g/mol. The molecular formula is C7H5BrF3NS. The van der Waals surface area contributed by atoms with Crippen LogP contribution in [0, 0.1) is 0 Å². The van der Waals surface area contributed by atoms with Gasteiger partial charge in [-0.3, -0.25) is 0 Å². The second-order valence-electron chi connectivity index (χ2n) is 2.13. The summed E-state index contributed by atoms with van der Waals surface area (Å²) < 4.78 is 37.7. The number of hydrogen-bond acceptors (Lipinski definition) is 2. The van der Waals surface area contributed by atoms with E-state index in [1.807, 2.05) is 0 Å². The third kappa shape index (κ3) is 3.19. The van der Waals surface area contributed by atoms with E-state index in [0.717, 1.165) is 0 Å². The Labute approximate surface area is 85.9 Å². The molecule has 1 nitrogen and oxygen atoms in total. The van der Waals surface area contributed by atoms with E-state index in [0.29, 0.717) is 0 Å². The first-order valence-corrected chi connectivity index (χ1v) is 5.01. The van der Waals surface area contributed by atoms with Crippen molar-refractivity contribution in [1.29, 1.82) is 0 Å². The minimum atomic E-state index is -3.49. The molecule has 6 heteroatoms. The first-order valence-electron chi connectivity index (χ1n) is 3.28. The predicted octanol–water partition coefficient (Wildman–Crippen LogP) is 3.46. The molecule has 1 atom stereocenters. The largest absolute Gasteiger partial charge is 0.340 e. The molecular weight excluding hydrogens is 267 g/mol. The van der Waals surface area contributed by atoms with Crippen LogP contribution >= 0.6 is 27.7 Å². The van der Waals surface area contributed by atoms with Crippen LogP contribution in [0.4, 0.5) is 13.2 Å². The fraction of sp³-hybridized carbons (Fsp3) is 0.286. The third-order valence-electron chi connectivity index (χ3n) is 1.13. The zero-order valence-corrected chi connectivity index (χ0v) is 8.66. The lowest BCUT2D eigenvalue weighted by Gasteiger charge is -2.14. The van der Waals surface area contributed by atoms with Gasteiger partial charge in [0.05, 0.1) is 0 Å². The van der Waals surface area contributed by atoms with Gasteiger partial charge in [0, 0.05) is 6.20 Å². The lowest BCUT2D eigenvalue weighted by atomic mass is 10.5. The van der Waals surface area contributed by atoms with Crippen LogP contribution in [0.15, 0.2) is 29.4 Å². The Morgan fingerprint density at radius 3 is 2.62 bits per heavy atom. The van der Waals surface area contributed by atoms with Crippen LogP contribution in [-0.2, 0) is 0 Å². The standard InChI is InChI=1S/C7H5BrF3NS/c8-6(9)7(10,11)13-5-3-1-2-4-12-5/h1-4,6H. The molecule has 0 radical (unpaired) electrons. The van der Waals surface area contributed by atoms with Crippen molar-refractivity contribution in [1.82, 2.24) is 4.98 Å². The van der Waals surface area contributed by atoms with Gasteiger partial charge in [-0.2, -0.15) is 8.78 Å². The molecule has 0 amide bonds. The Morgan fingerprint density at radius 2 is 2.15 bits per heavy atom. The van der Waals surface area contributed by atoms with Crippen LogP contribution in [0.3, 0.4) is 0 Å². The molecule has 0 spiro atoms. The number of aromatic nitrogens is 1. The molecule has 0 saturated heterocycles. The number of hydrogen-bond donors (Lipinski definition) is 0. The van der Waals surface area contributed by atoms with Gasteiger partial charge in [0.25, 0.3) is 0 Å². The smallest absolute Gasteiger partial charge is 0.250 e. The van der Waals surface area contributed by atoms with Crippen molar-refractivity contribution in [2.75, 3.05) is 0 Å². The number of pyridine rings is 1. The van der Waals surface area contributed by atoms with E-state index in [-0.39, 0.29) is 16.8 Å². The summed E-state index contributed by atoms with van der Waals surface area (Å²) in [6.45, 7) is 0. The molecule has 0 bridgehead atoms. The molecule has 1 unspecified atom stereocenters. The first-order chi connectivity index (χ1) is 6.02. The summed E-state index contributed by atoms with van der Waals surface area (Å²) in [4.78, 5) is 3.64. The summed E-state index contributed by atoms with van der Waals surface area (Å²) in [6, 6.07) is 4.56. The van der Waals surface area contributed by atoms with Gasteiger partial charge in [-0.1, -0.05) is 6.07 Å². The number of halogens is 4. The average Bonchev–Trinajstić information content (AvgIpc) is 2.05. The van der Waals surface area contributed by atoms with Crippen molar-refractivity contribution in [3.8, 4) is 0 Å². The van der Waals surface area contributed by atoms with Crippen molar-refractivity contribution < 1.29 is 13.2 Å². The second-order valence-corrected chi connectivity index (χ2v) is 4.10. The van der Waals surface area contributed by atoms with E-state index in [2.05, 4.69) is 20.9 Å². The van der Waals surface area contributed by atoms with Crippen LogP contribution in [0.1, 0.15) is 0 Å². The van der Waals surface area contributed by atoms with E-state index in [4.69, 9.17) is 0 Å². The van der Waals surface area contributed by atoms with Crippen molar-refractivity contribution in [2.24, 2.45) is 0 Å². The van der Waals surface area contributed by atoms with Crippen LogP contribution in [-0.4, -0.2) is 15.3 Å². The van der Waals surface area contributed by atoms with E-state index in [9.17, 15) is 13.2 Å². The molecule has 1 aromatic heterocycles. The Hall–Kier alpha value is -0.230. The van der Waals surface area contributed by atoms with E-state index in [1.165, 1.54) is 12.3 Å². The zero-order chi connectivity index (χ0) is 9.90. The van der Waals surface area contributed by atoms with Crippen molar-refractivity contribution >= 4 is 27.7 Å². The fourth-order valence-corrected chi connectivity index (χ4v) is 1.50. The Balaban J connectivity index is 2.69. The Morgan fingerprint density at radius 1 is 1.46 bits per heavy atom. The summed E-state index contributed by atoms with van der Waals surface area (Å²) in [5.41, 5.74) is 0. The van der Waals surface area contributed by atoms with Gasteiger partial charge in [0.15, 0.2) is 0 Å². The minimum Gasteiger partial charge on any atom is -0.250 e. The molecule has 0 fully saturated rings. The van der Waals surface area contributed by atoms with E-state index >= 15 is 0 Å². The SMILES string of the molecule is FC(Br)C(F)(F)Sc1ccccn1. The summed E-state index contributed by atoms with van der Waals surface area (Å²) in [6.07, 6.45) is 1.37. The Bertz CT molecular complexity index is 268. The van der Waals surface area contributed by atoms with Gasteiger partial charge in [-0.25, -0.2) is 9.37 Å². The van der Waals surface area contributed by atoms with Crippen LogP contribution in [0.5, 0.6) is 0 Å². The van der Waals surface area contributed by atoms with Crippen molar-refractivity contribution in [3.05, 3.63) is 24.4 Å². The van der Waals surface area contributed by atoms with Crippen LogP contribution in [0.2, 0.25) is 0 Å². The molecule has 72 valence electrons. The molecule has 0 aliphatic heterocycles. The minimum absolute atomic E-state index is 0.0877. The van der Waals surface area contributed by atoms with Gasteiger partial charge in [-0.15, -0.1) is 0 Å². The summed E-state index contributed by atoms with van der Waals surface area (Å²) in [5.74, 6) is 0. The van der Waals surface area contributed by atoms with Crippen LogP contribution in [0.25, 0.3) is 0 Å². The first kappa shape index (κ1) is 10.8. The van der Waals surface area contributed by atoms with Gasteiger partial charge in [-0.05, 0) is 39.8 Å². The molecule has 1 rings (SSSR count). The van der Waals surface area contributed by atoms with Gasteiger partial charge >= 0.3 is 5.25 Å². The van der Waals surface area contributed by atoms with E-state index < -0.39 is 10.3 Å². The maximum atomic E-state index is 12.7. The van der Waals surface area contributed by atoms with Crippen molar-refractivity contribution in [3.63, 3.8) is 0 Å². The van der Waals surface area contributed by atoms with Crippen molar-refractivity contribution in [2.45, 2.75) is 15.4 Å². The highest BCUT2D eigenvalue weighted by atomic mass is 79.9. The fourth-order valence-electron chi connectivity index (χ4n) is 0.591. The maximum absolute atomic E-state index is 12.7. The van der Waals surface area contributed by atoms with Crippen LogP contribution < -0.4 is 0 Å². The molecule has 0 aromatic carbocycles. The maximum Gasteiger partial charge on any atom is 0.340 e. The number of nitrogens with zero attached hydrogens (tertiary/aromatic N) is 1. The quantitative estimate of drug-likeness (QED) is 0.617. The highest BCUT2D eigenvalue weighted by Gasteiger charge is 2.40. The van der Waals surface area contributed by atoms with Gasteiger partial charge < -0.3 is 0 Å². The molecule has 1 heterocycles. The van der Waals surface area contributed by atoms with E-state index in [1.54, 1.807) is 12.1 Å². The number of rotatable bonds is 3. The summed E-state index contributed by atoms with van der Waals surface area (Å²) >= 11 is 2.28. The Kier molecular flexibility index (Phi) is 3.61. The molecule has 13 heavy (non-hydrogen) atoms. The molecule has 0 N–H and O–H groups in total. The predicted molar refractivity (Wildman–Crippen MR) is 48.9 cm³/mol. The topological polar surface area (TPSA) is 12.9 Å². The average molecular weight is 272 g/mol. The highest BCUT2D eigenvalue weighted by Crippen LogP contribution is 2.40. The molecule has 0 saturated carbocycles. The second kappa shape index (κ2) is 4.32. The zero-order valence-electron chi connectivity index (χ0n) is 6.25. The molecule has 0 aliphatic rings.